The van der Waals surface area contributed by atoms with E-state index in [0.717, 1.165) is 30.0 Å². The molecule has 1 saturated carbocycles. The van der Waals surface area contributed by atoms with Crippen LogP contribution in [0.5, 0.6) is 0 Å². The molecule has 1 heterocycles. The maximum absolute atomic E-state index is 4.35. The lowest BCUT2D eigenvalue weighted by Gasteiger charge is -2.21. The summed E-state index contributed by atoms with van der Waals surface area (Å²) in [5.74, 6) is 1.85. The fourth-order valence-corrected chi connectivity index (χ4v) is 3.66. The van der Waals surface area contributed by atoms with Gasteiger partial charge in [0.25, 0.3) is 0 Å². The molecule has 118 valence electrons. The Hall–Kier alpha value is -1.10. The van der Waals surface area contributed by atoms with Crippen molar-refractivity contribution in [3.63, 3.8) is 0 Å². The fraction of sp³-hybridized carbons (Fsp3) is 0.750. The van der Waals surface area contributed by atoms with Gasteiger partial charge in [0.2, 0.25) is 0 Å². The first kappa shape index (κ1) is 16.3. The van der Waals surface area contributed by atoms with Gasteiger partial charge in [-0.1, -0.05) is 32.1 Å². The summed E-state index contributed by atoms with van der Waals surface area (Å²) in [4.78, 5) is 9.87. The number of aryl methyl sites for hydroxylation is 1. The minimum atomic E-state index is 0.751. The van der Waals surface area contributed by atoms with Crippen molar-refractivity contribution in [2.75, 3.05) is 13.6 Å². The molecule has 0 aliphatic heterocycles. The van der Waals surface area contributed by atoms with Crippen LogP contribution in [0.2, 0.25) is 0 Å². The highest BCUT2D eigenvalue weighted by Gasteiger charge is 2.12. The van der Waals surface area contributed by atoms with E-state index < -0.39 is 0 Å². The second kappa shape index (κ2) is 9.03. The van der Waals surface area contributed by atoms with E-state index in [9.17, 15) is 0 Å². The van der Waals surface area contributed by atoms with Crippen molar-refractivity contribution >= 4 is 17.3 Å². The van der Waals surface area contributed by atoms with Gasteiger partial charge in [-0.05, 0) is 25.7 Å². The molecule has 5 heteroatoms. The third kappa shape index (κ3) is 6.04. The predicted octanol–water partition coefficient (Wildman–Crippen LogP) is 3.48. The highest BCUT2D eigenvalue weighted by Crippen LogP contribution is 2.26. The molecule has 2 rings (SSSR count). The van der Waals surface area contributed by atoms with Crippen LogP contribution in [0.1, 0.15) is 54.8 Å². The van der Waals surface area contributed by atoms with Gasteiger partial charge in [-0.3, -0.25) is 4.99 Å². The van der Waals surface area contributed by atoms with Crippen LogP contribution in [-0.4, -0.2) is 24.5 Å². The molecule has 4 nitrogen and oxygen atoms in total. The van der Waals surface area contributed by atoms with E-state index >= 15 is 0 Å². The Labute approximate surface area is 132 Å². The molecular formula is C16H28N4S. The summed E-state index contributed by atoms with van der Waals surface area (Å²) in [6, 6.07) is 0. The summed E-state index contributed by atoms with van der Waals surface area (Å²) in [7, 11) is 1.82. The molecular weight excluding hydrogens is 280 g/mol. The molecule has 1 fully saturated rings. The number of hydrogen-bond donors (Lipinski definition) is 2. The van der Waals surface area contributed by atoms with E-state index in [-0.39, 0.29) is 0 Å². The van der Waals surface area contributed by atoms with E-state index in [1.807, 2.05) is 13.2 Å². The maximum Gasteiger partial charge on any atom is 0.191 e. The standard InChI is InChI=1S/C16H28N4S/c1-13-11-19-15(21-13)12-20-16(17-2)18-10-6-9-14-7-4-3-5-8-14/h11,14H,3-10,12H2,1-2H3,(H2,17,18,20). The van der Waals surface area contributed by atoms with Gasteiger partial charge in [-0.15, -0.1) is 11.3 Å². The third-order valence-electron chi connectivity index (χ3n) is 4.11. The number of guanidine groups is 1. The van der Waals surface area contributed by atoms with Crippen molar-refractivity contribution in [3.05, 3.63) is 16.1 Å². The summed E-state index contributed by atoms with van der Waals surface area (Å²) < 4.78 is 0. The average molecular weight is 308 g/mol. The largest absolute Gasteiger partial charge is 0.356 e. The fourth-order valence-electron chi connectivity index (χ4n) is 2.94. The number of aliphatic imine (C=N–C) groups is 1. The van der Waals surface area contributed by atoms with Crippen LogP contribution < -0.4 is 10.6 Å². The van der Waals surface area contributed by atoms with Crippen LogP contribution in [0.4, 0.5) is 0 Å². The van der Waals surface area contributed by atoms with Gasteiger partial charge in [0.1, 0.15) is 5.01 Å². The topological polar surface area (TPSA) is 49.3 Å². The number of hydrogen-bond acceptors (Lipinski definition) is 3. The number of thiazole rings is 1. The zero-order valence-corrected chi connectivity index (χ0v) is 14.1. The van der Waals surface area contributed by atoms with Crippen LogP contribution in [0, 0.1) is 12.8 Å². The lowest BCUT2D eigenvalue weighted by molar-refractivity contribution is 0.332. The monoisotopic (exact) mass is 308 g/mol. The molecule has 1 aromatic heterocycles. The van der Waals surface area contributed by atoms with E-state index in [1.54, 1.807) is 11.3 Å². The Morgan fingerprint density at radius 1 is 1.33 bits per heavy atom. The number of nitrogens with zero attached hydrogens (tertiary/aromatic N) is 2. The molecule has 1 aliphatic carbocycles. The zero-order chi connectivity index (χ0) is 14.9. The van der Waals surface area contributed by atoms with Crippen LogP contribution in [0.3, 0.4) is 0 Å². The molecule has 1 aromatic rings. The molecule has 0 spiro atoms. The van der Waals surface area contributed by atoms with E-state index in [0.29, 0.717) is 0 Å². The van der Waals surface area contributed by atoms with Crippen LogP contribution in [-0.2, 0) is 6.54 Å². The molecule has 0 aromatic carbocycles. The summed E-state index contributed by atoms with van der Waals surface area (Å²) in [5.41, 5.74) is 0. The van der Waals surface area contributed by atoms with Gasteiger partial charge >= 0.3 is 0 Å². The van der Waals surface area contributed by atoms with E-state index in [2.05, 4.69) is 27.5 Å². The Morgan fingerprint density at radius 3 is 2.81 bits per heavy atom. The molecule has 0 bridgehead atoms. The minimum Gasteiger partial charge on any atom is -0.356 e. The highest BCUT2D eigenvalue weighted by molar-refractivity contribution is 7.11. The summed E-state index contributed by atoms with van der Waals surface area (Å²) in [6.45, 7) is 3.84. The Morgan fingerprint density at radius 2 is 2.14 bits per heavy atom. The van der Waals surface area contributed by atoms with Gasteiger partial charge < -0.3 is 10.6 Å². The molecule has 1 aliphatic rings. The second-order valence-electron chi connectivity index (χ2n) is 5.86. The lowest BCUT2D eigenvalue weighted by atomic mass is 9.86. The first-order valence-electron chi connectivity index (χ1n) is 8.13. The molecule has 2 N–H and O–H groups in total. The number of rotatable bonds is 6. The van der Waals surface area contributed by atoms with Crippen molar-refractivity contribution in [2.45, 2.75) is 58.4 Å². The lowest BCUT2D eigenvalue weighted by Crippen LogP contribution is -2.37. The highest BCUT2D eigenvalue weighted by atomic mass is 32.1. The Kier molecular flexibility index (Phi) is 7.00. The van der Waals surface area contributed by atoms with Gasteiger partial charge in [0, 0.05) is 24.7 Å². The van der Waals surface area contributed by atoms with Crippen molar-refractivity contribution in [1.82, 2.24) is 15.6 Å². The van der Waals surface area contributed by atoms with E-state index in [4.69, 9.17) is 0 Å². The number of nitrogens with one attached hydrogen (secondary N) is 2. The van der Waals surface area contributed by atoms with Gasteiger partial charge in [0.05, 0.1) is 6.54 Å². The molecule has 0 radical (unpaired) electrons. The quantitative estimate of drug-likeness (QED) is 0.480. The van der Waals surface area contributed by atoms with Crippen molar-refractivity contribution < 1.29 is 0 Å². The smallest absolute Gasteiger partial charge is 0.191 e. The van der Waals surface area contributed by atoms with Gasteiger partial charge in [-0.25, -0.2) is 4.98 Å². The van der Waals surface area contributed by atoms with Crippen LogP contribution >= 0.6 is 11.3 Å². The molecule has 0 saturated heterocycles. The van der Waals surface area contributed by atoms with Gasteiger partial charge in [-0.2, -0.15) is 0 Å². The summed E-state index contributed by atoms with van der Waals surface area (Å²) >= 11 is 1.73. The number of aromatic nitrogens is 1. The third-order valence-corrected chi connectivity index (χ3v) is 5.02. The first-order valence-corrected chi connectivity index (χ1v) is 8.95. The van der Waals surface area contributed by atoms with Crippen molar-refractivity contribution in [3.8, 4) is 0 Å². The average Bonchev–Trinajstić information content (AvgIpc) is 2.93. The Balaban J connectivity index is 1.59. The summed E-state index contributed by atoms with van der Waals surface area (Å²) in [6.07, 6.45) is 11.7. The Bertz CT molecular complexity index is 435. The zero-order valence-electron chi connectivity index (χ0n) is 13.3. The molecule has 0 unspecified atom stereocenters. The SMILES string of the molecule is CN=C(NCCCC1CCCCC1)NCc1ncc(C)s1. The molecule has 0 amide bonds. The second-order valence-corrected chi connectivity index (χ2v) is 7.18. The summed E-state index contributed by atoms with van der Waals surface area (Å²) in [5, 5.41) is 7.84. The first-order chi connectivity index (χ1) is 10.3. The predicted molar refractivity (Wildman–Crippen MR) is 90.9 cm³/mol. The maximum atomic E-state index is 4.35. The van der Waals surface area contributed by atoms with Crippen molar-refractivity contribution in [2.24, 2.45) is 10.9 Å². The van der Waals surface area contributed by atoms with E-state index in [1.165, 1.54) is 49.8 Å². The normalized spacial score (nSPS) is 17.0. The minimum absolute atomic E-state index is 0.751. The van der Waals surface area contributed by atoms with Crippen LogP contribution in [0.15, 0.2) is 11.2 Å². The van der Waals surface area contributed by atoms with Crippen LogP contribution in [0.25, 0.3) is 0 Å². The van der Waals surface area contributed by atoms with Crippen molar-refractivity contribution in [1.29, 1.82) is 0 Å². The van der Waals surface area contributed by atoms with Gasteiger partial charge in [0.15, 0.2) is 5.96 Å². The molecule has 21 heavy (non-hydrogen) atoms. The molecule has 0 atom stereocenters.